The predicted molar refractivity (Wildman–Crippen MR) is 65.0 cm³/mol. The van der Waals surface area contributed by atoms with Crippen LogP contribution in [0.3, 0.4) is 0 Å². The number of hydrogen-bond acceptors (Lipinski definition) is 3. The van der Waals surface area contributed by atoms with Crippen molar-refractivity contribution in [1.82, 2.24) is 15.1 Å². The van der Waals surface area contributed by atoms with Crippen LogP contribution in [0.1, 0.15) is 17.7 Å². The summed E-state index contributed by atoms with van der Waals surface area (Å²) in [6.07, 6.45) is 6.26. The molecule has 5 nitrogen and oxygen atoms in total. The van der Waals surface area contributed by atoms with Crippen molar-refractivity contribution in [3.63, 3.8) is 0 Å². The second-order valence-corrected chi connectivity index (χ2v) is 4.49. The molecule has 0 aliphatic heterocycles. The van der Waals surface area contributed by atoms with Crippen LogP contribution in [0.15, 0.2) is 18.3 Å². The summed E-state index contributed by atoms with van der Waals surface area (Å²) in [5.41, 5.74) is 7.84. The van der Waals surface area contributed by atoms with Crippen LogP contribution in [0.4, 0.5) is 0 Å². The number of aromatic nitrogens is 2. The fourth-order valence-corrected chi connectivity index (χ4v) is 1.95. The average molecular weight is 234 g/mol. The summed E-state index contributed by atoms with van der Waals surface area (Å²) in [5.74, 6) is -0.0422. The van der Waals surface area contributed by atoms with Crippen molar-refractivity contribution in [1.29, 1.82) is 0 Å². The molecule has 3 N–H and O–H groups in total. The summed E-state index contributed by atoms with van der Waals surface area (Å²) >= 11 is 0. The van der Waals surface area contributed by atoms with Gasteiger partial charge in [0.05, 0.1) is 12.1 Å². The van der Waals surface area contributed by atoms with Crippen LogP contribution in [0.25, 0.3) is 0 Å². The monoisotopic (exact) mass is 234 g/mol. The van der Waals surface area contributed by atoms with Gasteiger partial charge >= 0.3 is 0 Å². The summed E-state index contributed by atoms with van der Waals surface area (Å²) in [4.78, 5) is 11.8. The first-order valence-electron chi connectivity index (χ1n) is 5.77. The number of nitrogens with zero attached hydrogens (tertiary/aromatic N) is 2. The third-order valence-corrected chi connectivity index (χ3v) is 3.24. The second-order valence-electron chi connectivity index (χ2n) is 4.49. The molecular weight excluding hydrogens is 216 g/mol. The van der Waals surface area contributed by atoms with Gasteiger partial charge in [-0.25, -0.2) is 0 Å². The topological polar surface area (TPSA) is 72.9 Å². The Morgan fingerprint density at radius 1 is 1.65 bits per heavy atom. The van der Waals surface area contributed by atoms with Crippen LogP contribution >= 0.6 is 0 Å². The number of aryl methyl sites for hydroxylation is 1. The van der Waals surface area contributed by atoms with Gasteiger partial charge in [-0.3, -0.25) is 9.48 Å². The maximum atomic E-state index is 11.8. The normalized spacial score (nSPS) is 23.0. The first kappa shape index (κ1) is 11.9. The predicted octanol–water partition coefficient (Wildman–Crippen LogP) is 0.248. The van der Waals surface area contributed by atoms with Crippen LogP contribution in [0.2, 0.25) is 0 Å². The Labute approximate surface area is 101 Å². The van der Waals surface area contributed by atoms with Gasteiger partial charge in [-0.1, -0.05) is 12.2 Å². The zero-order valence-electron chi connectivity index (χ0n) is 10.2. The Morgan fingerprint density at radius 2 is 2.41 bits per heavy atom. The molecule has 1 aromatic heterocycles. The van der Waals surface area contributed by atoms with E-state index in [-0.39, 0.29) is 17.9 Å². The largest absolute Gasteiger partial charge is 0.351 e. The summed E-state index contributed by atoms with van der Waals surface area (Å²) in [6.45, 7) is 2.51. The fourth-order valence-electron chi connectivity index (χ4n) is 1.95. The molecule has 2 rings (SSSR count). The Balaban J connectivity index is 1.88. The SMILES string of the molecule is Cc1c(CNC(=O)C2C=CC(N)C2)cnn1C. The molecule has 0 aromatic carbocycles. The van der Waals surface area contributed by atoms with E-state index in [0.29, 0.717) is 13.0 Å². The van der Waals surface area contributed by atoms with E-state index in [0.717, 1.165) is 11.3 Å². The lowest BCUT2D eigenvalue weighted by molar-refractivity contribution is -0.123. The van der Waals surface area contributed by atoms with Crippen molar-refractivity contribution in [2.45, 2.75) is 25.9 Å². The van der Waals surface area contributed by atoms with Crippen molar-refractivity contribution in [2.24, 2.45) is 18.7 Å². The van der Waals surface area contributed by atoms with Crippen LogP contribution in [0.5, 0.6) is 0 Å². The third-order valence-electron chi connectivity index (χ3n) is 3.24. The molecule has 2 atom stereocenters. The highest BCUT2D eigenvalue weighted by Gasteiger charge is 2.22. The maximum absolute atomic E-state index is 11.8. The Hall–Kier alpha value is -1.62. The van der Waals surface area contributed by atoms with E-state index >= 15 is 0 Å². The third kappa shape index (κ3) is 2.55. The Bertz CT molecular complexity index is 449. The number of nitrogens with one attached hydrogen (secondary N) is 1. The van der Waals surface area contributed by atoms with Gasteiger partial charge in [0.1, 0.15) is 0 Å². The van der Waals surface area contributed by atoms with Crippen molar-refractivity contribution in [3.8, 4) is 0 Å². The van der Waals surface area contributed by atoms with Gasteiger partial charge in [-0.2, -0.15) is 5.10 Å². The first-order chi connectivity index (χ1) is 8.08. The van der Waals surface area contributed by atoms with E-state index in [1.54, 1.807) is 10.9 Å². The van der Waals surface area contributed by atoms with E-state index in [1.807, 2.05) is 26.1 Å². The quantitative estimate of drug-likeness (QED) is 0.736. The number of amides is 1. The van der Waals surface area contributed by atoms with E-state index < -0.39 is 0 Å². The minimum Gasteiger partial charge on any atom is -0.351 e. The summed E-state index contributed by atoms with van der Waals surface area (Å²) in [7, 11) is 1.89. The number of hydrogen-bond donors (Lipinski definition) is 2. The molecule has 0 saturated carbocycles. The molecule has 0 fully saturated rings. The summed E-state index contributed by atoms with van der Waals surface area (Å²) in [6, 6.07) is 0.0193. The molecule has 0 saturated heterocycles. The molecule has 0 spiro atoms. The zero-order chi connectivity index (χ0) is 12.4. The number of carbonyl (C=O) groups excluding carboxylic acids is 1. The molecule has 0 bridgehead atoms. The highest BCUT2D eigenvalue weighted by atomic mass is 16.1. The van der Waals surface area contributed by atoms with Gasteiger partial charge in [-0.05, 0) is 13.3 Å². The highest BCUT2D eigenvalue weighted by Crippen LogP contribution is 2.16. The first-order valence-corrected chi connectivity index (χ1v) is 5.77. The second kappa shape index (κ2) is 4.71. The molecule has 17 heavy (non-hydrogen) atoms. The lowest BCUT2D eigenvalue weighted by Gasteiger charge is -2.10. The van der Waals surface area contributed by atoms with Gasteiger partial charge in [0.2, 0.25) is 5.91 Å². The molecule has 1 heterocycles. The number of carbonyl (C=O) groups is 1. The highest BCUT2D eigenvalue weighted by molar-refractivity contribution is 5.81. The molecule has 1 amide bonds. The van der Waals surface area contributed by atoms with Crippen LogP contribution < -0.4 is 11.1 Å². The van der Waals surface area contributed by atoms with E-state index in [9.17, 15) is 4.79 Å². The molecular formula is C12H18N4O. The summed E-state index contributed by atoms with van der Waals surface area (Å²) in [5, 5.41) is 7.05. The van der Waals surface area contributed by atoms with Gasteiger partial charge < -0.3 is 11.1 Å². The van der Waals surface area contributed by atoms with Crippen molar-refractivity contribution in [2.75, 3.05) is 0 Å². The molecule has 0 radical (unpaired) electrons. The summed E-state index contributed by atoms with van der Waals surface area (Å²) < 4.78 is 1.80. The van der Waals surface area contributed by atoms with E-state index in [1.165, 1.54) is 0 Å². The molecule has 1 aromatic rings. The van der Waals surface area contributed by atoms with Crippen molar-refractivity contribution < 1.29 is 4.79 Å². The lowest BCUT2D eigenvalue weighted by atomic mass is 10.1. The Kier molecular flexibility index (Phi) is 3.28. The minimum absolute atomic E-state index is 0.0193. The minimum atomic E-state index is -0.0815. The van der Waals surface area contributed by atoms with Gasteiger partial charge in [0.15, 0.2) is 0 Å². The molecule has 92 valence electrons. The van der Waals surface area contributed by atoms with Crippen molar-refractivity contribution in [3.05, 3.63) is 29.6 Å². The standard InChI is InChI=1S/C12H18N4O/c1-8-10(7-15-16(8)2)6-14-12(17)9-3-4-11(13)5-9/h3-4,7,9,11H,5-6,13H2,1-2H3,(H,14,17). The Morgan fingerprint density at radius 3 is 2.94 bits per heavy atom. The van der Waals surface area contributed by atoms with Gasteiger partial charge in [-0.15, -0.1) is 0 Å². The van der Waals surface area contributed by atoms with Crippen LogP contribution in [-0.4, -0.2) is 21.7 Å². The van der Waals surface area contributed by atoms with Gasteiger partial charge in [0, 0.05) is 30.9 Å². The smallest absolute Gasteiger partial charge is 0.227 e. The van der Waals surface area contributed by atoms with E-state index in [4.69, 9.17) is 5.73 Å². The fraction of sp³-hybridized carbons (Fsp3) is 0.500. The molecule has 5 heteroatoms. The zero-order valence-corrected chi connectivity index (χ0v) is 10.2. The molecule has 2 unspecified atom stereocenters. The van der Waals surface area contributed by atoms with Crippen LogP contribution in [-0.2, 0) is 18.4 Å². The van der Waals surface area contributed by atoms with Crippen molar-refractivity contribution >= 4 is 5.91 Å². The average Bonchev–Trinajstić information content (AvgIpc) is 2.86. The lowest BCUT2D eigenvalue weighted by Crippen LogP contribution is -2.30. The maximum Gasteiger partial charge on any atom is 0.227 e. The van der Waals surface area contributed by atoms with E-state index in [2.05, 4.69) is 10.4 Å². The number of rotatable bonds is 3. The molecule has 1 aliphatic carbocycles. The van der Waals surface area contributed by atoms with Gasteiger partial charge in [0.25, 0.3) is 0 Å². The molecule has 1 aliphatic rings. The number of nitrogens with two attached hydrogens (primary N) is 1. The van der Waals surface area contributed by atoms with Crippen LogP contribution in [0, 0.1) is 12.8 Å².